The maximum Gasteiger partial charge on any atom is 0.0760 e. The maximum atomic E-state index is 11.4. The fourth-order valence-electron chi connectivity index (χ4n) is 4.39. The van der Waals surface area contributed by atoms with Gasteiger partial charge in [-0.15, -0.1) is 0 Å². The molecule has 0 heterocycles. The Bertz CT molecular complexity index is 493. The van der Waals surface area contributed by atoms with Crippen LogP contribution < -0.4 is 0 Å². The van der Waals surface area contributed by atoms with Crippen molar-refractivity contribution in [1.29, 1.82) is 0 Å². The lowest BCUT2D eigenvalue weighted by Crippen LogP contribution is -2.63. The van der Waals surface area contributed by atoms with E-state index in [-0.39, 0.29) is 5.41 Å². The van der Waals surface area contributed by atoms with Crippen molar-refractivity contribution >= 4 is 15.9 Å². The van der Waals surface area contributed by atoms with Crippen LogP contribution in [0.3, 0.4) is 0 Å². The average molecular weight is 338 g/mol. The molecule has 110 valence electrons. The van der Waals surface area contributed by atoms with Crippen LogP contribution in [0.5, 0.6) is 0 Å². The molecule has 0 bridgehead atoms. The van der Waals surface area contributed by atoms with Crippen LogP contribution in [-0.2, 0) is 11.8 Å². The quantitative estimate of drug-likeness (QED) is 0.912. The zero-order valence-corrected chi connectivity index (χ0v) is 14.0. The molecule has 1 unspecified atom stereocenters. The van der Waals surface area contributed by atoms with Crippen LogP contribution in [-0.4, -0.2) is 36.2 Å². The first kappa shape index (κ1) is 14.6. The number of aliphatic hydroxyl groups is 1. The summed E-state index contributed by atoms with van der Waals surface area (Å²) in [5.74, 6) is 0. The summed E-state index contributed by atoms with van der Waals surface area (Å²) >= 11 is 3.72. The first-order valence-corrected chi connectivity index (χ1v) is 8.43. The fraction of sp³-hybridized carbons (Fsp3) is 0.647. The minimum atomic E-state index is -0.535. The number of hydrogen-bond donors (Lipinski definition) is 1. The number of fused-ring (bicyclic) bond motifs is 1. The van der Waals surface area contributed by atoms with Crippen LogP contribution >= 0.6 is 15.9 Å². The molecule has 1 aromatic carbocycles. The molecule has 0 aliphatic heterocycles. The highest BCUT2D eigenvalue weighted by Gasteiger charge is 2.58. The molecule has 1 saturated carbocycles. The second-order valence-electron chi connectivity index (χ2n) is 6.86. The highest BCUT2D eigenvalue weighted by Crippen LogP contribution is 2.55. The second kappa shape index (κ2) is 5.11. The van der Waals surface area contributed by atoms with Gasteiger partial charge in [-0.05, 0) is 50.6 Å². The summed E-state index contributed by atoms with van der Waals surface area (Å²) in [7, 11) is 4.23. The Labute approximate surface area is 130 Å². The molecule has 0 aromatic heterocycles. The number of rotatable bonds is 3. The molecular weight excluding hydrogens is 314 g/mol. The van der Waals surface area contributed by atoms with Crippen molar-refractivity contribution in [3.05, 3.63) is 33.8 Å². The molecule has 2 nitrogen and oxygen atoms in total. The molecule has 0 amide bonds. The van der Waals surface area contributed by atoms with Gasteiger partial charge in [0.25, 0.3) is 0 Å². The molecule has 1 N–H and O–H groups in total. The van der Waals surface area contributed by atoms with E-state index in [2.05, 4.69) is 53.1 Å². The average Bonchev–Trinajstić information content (AvgIpc) is 2.35. The molecule has 1 atom stereocenters. The van der Waals surface area contributed by atoms with E-state index in [1.165, 1.54) is 22.0 Å². The molecule has 0 radical (unpaired) electrons. The molecule has 2 aliphatic rings. The van der Waals surface area contributed by atoms with Crippen LogP contribution in [0.25, 0.3) is 0 Å². The molecule has 0 saturated heterocycles. The van der Waals surface area contributed by atoms with Crippen LogP contribution in [0.15, 0.2) is 22.7 Å². The minimum Gasteiger partial charge on any atom is -0.389 e. The summed E-state index contributed by atoms with van der Waals surface area (Å²) in [5.41, 5.74) is 2.14. The van der Waals surface area contributed by atoms with Gasteiger partial charge in [-0.2, -0.15) is 0 Å². The monoisotopic (exact) mass is 337 g/mol. The Morgan fingerprint density at radius 2 is 1.90 bits per heavy atom. The van der Waals surface area contributed by atoms with Crippen molar-refractivity contribution in [2.45, 2.75) is 49.5 Å². The van der Waals surface area contributed by atoms with Crippen molar-refractivity contribution in [2.24, 2.45) is 0 Å². The van der Waals surface area contributed by atoms with Gasteiger partial charge in [0.05, 0.1) is 5.60 Å². The van der Waals surface area contributed by atoms with Crippen LogP contribution in [0.1, 0.15) is 43.2 Å². The predicted molar refractivity (Wildman–Crippen MR) is 86.1 cm³/mol. The summed E-state index contributed by atoms with van der Waals surface area (Å²) in [5, 5.41) is 11.4. The molecule has 3 rings (SSSR count). The van der Waals surface area contributed by atoms with Gasteiger partial charge < -0.3 is 10.0 Å². The summed E-state index contributed by atoms with van der Waals surface area (Å²) in [6.45, 7) is 0.930. The van der Waals surface area contributed by atoms with Crippen molar-refractivity contribution in [3.8, 4) is 0 Å². The molecular formula is C17H24BrNO. The maximum absolute atomic E-state index is 11.4. The van der Waals surface area contributed by atoms with Gasteiger partial charge in [0.1, 0.15) is 0 Å². The second-order valence-corrected chi connectivity index (χ2v) is 7.72. The Kier molecular flexibility index (Phi) is 3.72. The van der Waals surface area contributed by atoms with E-state index in [9.17, 15) is 5.11 Å². The lowest BCUT2D eigenvalue weighted by molar-refractivity contribution is -0.0873. The molecule has 1 aromatic rings. The van der Waals surface area contributed by atoms with Crippen molar-refractivity contribution in [2.75, 3.05) is 20.6 Å². The van der Waals surface area contributed by atoms with Gasteiger partial charge in [-0.25, -0.2) is 0 Å². The van der Waals surface area contributed by atoms with Gasteiger partial charge in [-0.3, -0.25) is 0 Å². The van der Waals surface area contributed by atoms with Gasteiger partial charge in [-0.1, -0.05) is 47.3 Å². The standard InChI is InChI=1S/C17H24BrNO/c1-19(2)12-16(17(20)9-4-3-5-10-17)11-13-7-6-8-14(18)15(13)16/h6-8,20H,3-5,9-12H2,1-2H3. The van der Waals surface area contributed by atoms with E-state index in [0.29, 0.717) is 0 Å². The summed E-state index contributed by atoms with van der Waals surface area (Å²) < 4.78 is 1.17. The molecule has 20 heavy (non-hydrogen) atoms. The highest BCUT2D eigenvalue weighted by atomic mass is 79.9. The Hall–Kier alpha value is -0.380. The summed E-state index contributed by atoms with van der Waals surface area (Å²) in [6, 6.07) is 6.43. The van der Waals surface area contributed by atoms with Gasteiger partial charge in [0, 0.05) is 16.4 Å². The van der Waals surface area contributed by atoms with Crippen LogP contribution in [0.4, 0.5) is 0 Å². The Balaban J connectivity index is 2.06. The number of likely N-dealkylation sites (N-methyl/N-ethyl adjacent to an activating group) is 1. The lowest BCUT2D eigenvalue weighted by atomic mass is 9.52. The van der Waals surface area contributed by atoms with E-state index < -0.39 is 5.60 Å². The van der Waals surface area contributed by atoms with Crippen molar-refractivity contribution in [1.82, 2.24) is 4.90 Å². The van der Waals surface area contributed by atoms with Gasteiger partial charge >= 0.3 is 0 Å². The molecule has 1 fully saturated rings. The molecule has 0 spiro atoms. The third-order valence-corrected chi connectivity index (χ3v) is 5.89. The number of nitrogens with zero attached hydrogens (tertiary/aromatic N) is 1. The number of benzene rings is 1. The molecule has 3 heteroatoms. The normalized spacial score (nSPS) is 28.1. The summed E-state index contributed by atoms with van der Waals surface area (Å²) in [6.07, 6.45) is 6.49. The fourth-order valence-corrected chi connectivity index (χ4v) is 5.18. The smallest absolute Gasteiger partial charge is 0.0760 e. The van der Waals surface area contributed by atoms with Crippen LogP contribution in [0.2, 0.25) is 0 Å². The van der Waals surface area contributed by atoms with Crippen molar-refractivity contribution in [3.63, 3.8) is 0 Å². The number of hydrogen-bond acceptors (Lipinski definition) is 2. The number of halogens is 1. The first-order chi connectivity index (χ1) is 9.48. The van der Waals surface area contributed by atoms with Crippen LogP contribution in [0, 0.1) is 0 Å². The lowest BCUT2D eigenvalue weighted by Gasteiger charge is -2.57. The SMILES string of the molecule is CN(C)CC1(C2(O)CCCCC2)Cc2cccc(Br)c21. The Morgan fingerprint density at radius 3 is 2.50 bits per heavy atom. The highest BCUT2D eigenvalue weighted by molar-refractivity contribution is 9.10. The zero-order valence-electron chi connectivity index (χ0n) is 12.5. The summed E-state index contributed by atoms with van der Waals surface area (Å²) in [4.78, 5) is 2.23. The van der Waals surface area contributed by atoms with Gasteiger partial charge in [0.15, 0.2) is 0 Å². The zero-order chi connectivity index (χ0) is 14.4. The van der Waals surface area contributed by atoms with Gasteiger partial charge in [0.2, 0.25) is 0 Å². The van der Waals surface area contributed by atoms with E-state index in [4.69, 9.17) is 0 Å². The van der Waals surface area contributed by atoms with Crippen molar-refractivity contribution < 1.29 is 5.11 Å². The third kappa shape index (κ3) is 2.06. The third-order valence-electron chi connectivity index (χ3n) is 5.23. The first-order valence-electron chi connectivity index (χ1n) is 7.64. The predicted octanol–water partition coefficient (Wildman–Crippen LogP) is 3.50. The Morgan fingerprint density at radius 1 is 1.20 bits per heavy atom. The topological polar surface area (TPSA) is 23.5 Å². The minimum absolute atomic E-state index is 0.0909. The largest absolute Gasteiger partial charge is 0.389 e. The molecule has 2 aliphatic carbocycles. The van der Waals surface area contributed by atoms with E-state index in [1.807, 2.05) is 0 Å². The van der Waals surface area contributed by atoms with E-state index in [1.54, 1.807) is 0 Å². The van der Waals surface area contributed by atoms with E-state index in [0.717, 1.165) is 38.6 Å². The van der Waals surface area contributed by atoms with E-state index >= 15 is 0 Å².